The Morgan fingerprint density at radius 3 is 1.25 bits per heavy atom. The zero-order valence-electron chi connectivity index (χ0n) is 2.15. The van der Waals surface area contributed by atoms with Crippen molar-refractivity contribution in [3.63, 3.8) is 0 Å². The van der Waals surface area contributed by atoms with Crippen molar-refractivity contribution in [2.75, 3.05) is 0 Å². The molecule has 2 rings (SSSR count). The number of hydrogen-bond donors (Lipinski definition) is 0. The number of fused-ring (bicyclic) bond motifs is 1. The second-order valence-corrected chi connectivity index (χ2v) is 5.60. The fourth-order valence-corrected chi connectivity index (χ4v) is 2.48. The smallest absolute Gasteiger partial charge is 0.153 e. The van der Waals surface area contributed by atoms with Crippen LogP contribution in [0.25, 0.3) is 0 Å². The highest BCUT2D eigenvalue weighted by Crippen LogP contribution is 2.74. The van der Waals surface area contributed by atoms with E-state index in [1.54, 1.807) is 0 Å². The molecule has 0 aromatic heterocycles. The van der Waals surface area contributed by atoms with Crippen LogP contribution in [-0.4, -0.2) is 12.1 Å². The molecule has 4 heteroatoms. The first kappa shape index (κ1) is 2.21. The average molecular weight is 85.6 g/mol. The van der Waals surface area contributed by atoms with Crippen molar-refractivity contribution in [2.45, 2.75) is 0 Å². The molecule has 0 N–H and O–H groups in total. The van der Waals surface area contributed by atoms with Crippen LogP contribution in [-0.2, 0) is 0 Å². The van der Waals surface area contributed by atoms with Crippen LogP contribution in [0.3, 0.4) is 0 Å². The van der Waals surface area contributed by atoms with Gasteiger partial charge < -0.3 is 0 Å². The lowest BCUT2D eigenvalue weighted by Gasteiger charge is -1.63. The summed E-state index contributed by atoms with van der Waals surface area (Å²) >= 11 is 0. The zero-order valence-corrected chi connectivity index (χ0v) is 4.15. The molecule has 2 aliphatic rings. The van der Waals surface area contributed by atoms with E-state index in [-0.39, 0.29) is 0 Å². The molecule has 0 aliphatic carbocycles. The quantitative estimate of drug-likeness (QED) is 0.296. The molecule has 0 spiro atoms. The number of hydrogen-bond acceptors (Lipinski definition) is 0. The van der Waals surface area contributed by atoms with Crippen LogP contribution in [0.4, 0.5) is 0 Å². The topological polar surface area (TPSA) is 0 Å². The van der Waals surface area contributed by atoms with Gasteiger partial charge in [-0.05, 0) is 0 Å². The Labute approximate surface area is 29.7 Å². The maximum atomic E-state index is 1.42. The third-order valence-electron chi connectivity index (χ3n) is 0.833. The van der Waals surface area contributed by atoms with Crippen molar-refractivity contribution in [3.05, 3.63) is 0 Å². The van der Waals surface area contributed by atoms with Gasteiger partial charge in [-0.15, -0.1) is 0 Å². The van der Waals surface area contributed by atoms with E-state index in [2.05, 4.69) is 0 Å². The van der Waals surface area contributed by atoms with E-state index in [4.69, 9.17) is 0 Å². The molecular weight excluding hydrogens is 83.6 g/mol. The summed E-state index contributed by atoms with van der Waals surface area (Å²) in [6.45, 7) is 0. The summed E-state index contributed by atoms with van der Waals surface area (Å²) < 4.78 is 0. The molecule has 2 aliphatic heterocycles. The second kappa shape index (κ2) is 0.441. The van der Waals surface area contributed by atoms with Gasteiger partial charge in [-0.2, -0.15) is 16.7 Å². The predicted molar refractivity (Wildman–Crippen MR) is 28.1 cm³/mol. The minimum Gasteiger partial charge on any atom is -0.192 e. The molecule has 2 fully saturated rings. The van der Waals surface area contributed by atoms with Gasteiger partial charge in [0.25, 0.3) is 0 Å². The molecule has 0 radical (unpaired) electrons. The Bertz CT molecular complexity index is 40.0. The molecule has 0 aromatic rings. The highest BCUT2D eigenvalue weighted by atomic mass is 31.2. The van der Waals surface area contributed by atoms with Crippen LogP contribution in [0.1, 0.15) is 0 Å². The van der Waals surface area contributed by atoms with Crippen molar-refractivity contribution >= 4 is 28.8 Å². The molecule has 0 nitrogen and oxygen atoms in total. The summed E-state index contributed by atoms with van der Waals surface area (Å²) in [5.74, 6) is 0. The Morgan fingerprint density at radius 1 is 1.00 bits per heavy atom. The molecule has 2 saturated heterocycles. The van der Waals surface area contributed by atoms with E-state index >= 15 is 0 Å². The highest BCUT2D eigenvalue weighted by molar-refractivity contribution is 8.84. The van der Waals surface area contributed by atoms with Crippen molar-refractivity contribution in [2.24, 2.45) is 0 Å². The number of rotatable bonds is 0. The lowest BCUT2D eigenvalue weighted by Crippen LogP contribution is -1.38. The molecule has 0 atom stereocenters. The SMILES string of the molecule is P1B2PB12. The molecule has 2 heterocycles. The maximum Gasteiger partial charge on any atom is 0.153 e. The zero-order chi connectivity index (χ0) is 2.57. The van der Waals surface area contributed by atoms with E-state index in [0.29, 0.717) is 0 Å². The maximum absolute atomic E-state index is 1.42. The monoisotopic (exact) mass is 86.0 g/mol. The van der Waals surface area contributed by atoms with Crippen molar-refractivity contribution in [1.29, 1.82) is 0 Å². The van der Waals surface area contributed by atoms with Gasteiger partial charge in [0.05, 0.1) is 0 Å². The van der Waals surface area contributed by atoms with Gasteiger partial charge in [0.15, 0.2) is 12.1 Å². The largest absolute Gasteiger partial charge is 0.192 e. The molecule has 4 heavy (non-hydrogen) atoms. The van der Waals surface area contributed by atoms with E-state index in [1.165, 1.54) is 28.8 Å². The van der Waals surface area contributed by atoms with Gasteiger partial charge in [-0.25, -0.2) is 0 Å². The van der Waals surface area contributed by atoms with Crippen LogP contribution in [0.5, 0.6) is 0 Å². The highest BCUT2D eigenvalue weighted by Gasteiger charge is 2.59. The minimum absolute atomic E-state index is 1.31. The first-order valence-corrected chi connectivity index (χ1v) is 3.80. The van der Waals surface area contributed by atoms with Gasteiger partial charge >= 0.3 is 0 Å². The summed E-state index contributed by atoms with van der Waals surface area (Å²) in [4.78, 5) is 0. The van der Waals surface area contributed by atoms with Gasteiger partial charge in [-0.1, -0.05) is 0 Å². The summed E-state index contributed by atoms with van der Waals surface area (Å²) in [5.41, 5.74) is 0. The molecule has 0 unspecified atom stereocenters. The Hall–Kier alpha value is 0.990. The molecule has 0 aromatic carbocycles. The fraction of sp³-hybridized carbons (Fsp3) is 0. The molecule has 0 amide bonds. The van der Waals surface area contributed by atoms with E-state index in [0.717, 1.165) is 0 Å². The van der Waals surface area contributed by atoms with Gasteiger partial charge in [0, 0.05) is 0 Å². The van der Waals surface area contributed by atoms with Gasteiger partial charge in [-0.3, -0.25) is 0 Å². The van der Waals surface area contributed by atoms with Gasteiger partial charge in [0.2, 0.25) is 0 Å². The molecule has 0 bridgehead atoms. The normalized spacial score (nSPS) is 30.0. The third kappa shape index (κ3) is 0.146. The van der Waals surface area contributed by atoms with E-state index in [9.17, 15) is 0 Å². The summed E-state index contributed by atoms with van der Waals surface area (Å²) in [7, 11) is 2.83. The van der Waals surface area contributed by atoms with Crippen molar-refractivity contribution < 1.29 is 0 Å². The van der Waals surface area contributed by atoms with Crippen LogP contribution >= 0.6 is 16.7 Å². The first-order valence-electron chi connectivity index (χ1n) is 1.49. The summed E-state index contributed by atoms with van der Waals surface area (Å²) in [5, 5.41) is 0. The minimum atomic E-state index is 1.31. The van der Waals surface area contributed by atoms with E-state index < -0.39 is 0 Å². The Morgan fingerprint density at radius 2 is 1.25 bits per heavy atom. The van der Waals surface area contributed by atoms with Crippen LogP contribution in [0.2, 0.25) is 0 Å². The third-order valence-corrected chi connectivity index (χ3v) is 5.50. The summed E-state index contributed by atoms with van der Waals surface area (Å²) in [6, 6.07) is 2.61. The van der Waals surface area contributed by atoms with Crippen LogP contribution < -0.4 is 0 Å². The fourth-order valence-electron chi connectivity index (χ4n) is 0.276. The predicted octanol–water partition coefficient (Wildman–Crippen LogP) is 0.425. The second-order valence-electron chi connectivity index (χ2n) is 1.29. The lowest BCUT2D eigenvalue weighted by atomic mass is 9.81. The van der Waals surface area contributed by atoms with Crippen LogP contribution in [0, 0.1) is 0 Å². The van der Waals surface area contributed by atoms with Crippen molar-refractivity contribution in [1.82, 2.24) is 0 Å². The standard InChI is InChI=1S/B2H2P2/c3-1-2(3)4-1/h3-4H. The first-order chi connectivity index (χ1) is 1.97. The van der Waals surface area contributed by atoms with Gasteiger partial charge in [0.1, 0.15) is 0 Å². The lowest BCUT2D eigenvalue weighted by molar-refractivity contribution is 4.75. The van der Waals surface area contributed by atoms with Crippen LogP contribution in [0.15, 0.2) is 0 Å². The van der Waals surface area contributed by atoms with E-state index in [1.807, 2.05) is 0 Å². The summed E-state index contributed by atoms with van der Waals surface area (Å²) in [6.07, 6.45) is 0. The molecular formula is H2B2P2. The Balaban J connectivity index is 2.48. The Kier molecular flexibility index (Phi) is 0.244. The molecule has 0 saturated carbocycles. The molecule has 18 valence electrons. The van der Waals surface area contributed by atoms with Crippen molar-refractivity contribution in [3.8, 4) is 0 Å². The average Bonchev–Trinajstić information content (AvgIpc) is 1.36.